The smallest absolute Gasteiger partial charge is 0.357 e. The number of carbonyl (C=O) groups excluding carboxylic acids is 1. The molecule has 0 aliphatic heterocycles. The van der Waals surface area contributed by atoms with Gasteiger partial charge in [-0.05, 0) is 26.0 Å². The van der Waals surface area contributed by atoms with Crippen molar-refractivity contribution in [3.05, 3.63) is 52.0 Å². The lowest BCUT2D eigenvalue weighted by molar-refractivity contribution is 0.0520. The summed E-state index contributed by atoms with van der Waals surface area (Å²) in [4.78, 5) is 16.0. The van der Waals surface area contributed by atoms with Crippen LogP contribution in [-0.2, 0) is 11.2 Å². The van der Waals surface area contributed by atoms with Crippen LogP contribution in [0.25, 0.3) is 0 Å². The average molecular weight is 290 g/mol. The molecule has 0 fully saturated rings. The molecule has 4 nitrogen and oxygen atoms in total. The summed E-state index contributed by atoms with van der Waals surface area (Å²) in [6.07, 6.45) is 0.840. The average Bonchev–Trinajstić information content (AvgIpc) is 2.96. The first-order chi connectivity index (χ1) is 9.74. The van der Waals surface area contributed by atoms with E-state index in [0.717, 1.165) is 11.4 Å². The van der Waals surface area contributed by atoms with Crippen LogP contribution in [-0.4, -0.2) is 24.6 Å². The Labute approximate surface area is 122 Å². The summed E-state index contributed by atoms with van der Waals surface area (Å²) >= 11 is 1.48. The number of aromatic nitrogens is 1. The van der Waals surface area contributed by atoms with Gasteiger partial charge in [-0.25, -0.2) is 9.78 Å². The van der Waals surface area contributed by atoms with Gasteiger partial charge >= 0.3 is 5.97 Å². The Morgan fingerprint density at radius 3 is 2.80 bits per heavy atom. The highest BCUT2D eigenvalue weighted by Gasteiger charge is 2.17. The number of hydrogen-bond donors (Lipinski definition) is 1. The molecular weight excluding hydrogens is 272 g/mol. The fraction of sp³-hybridized carbons (Fsp3) is 0.333. The first kappa shape index (κ1) is 14.7. The third kappa shape index (κ3) is 3.65. The minimum atomic E-state index is -0.357. The first-order valence-electron chi connectivity index (χ1n) is 6.58. The lowest BCUT2D eigenvalue weighted by Crippen LogP contribution is -2.19. The van der Waals surface area contributed by atoms with E-state index >= 15 is 0 Å². The number of benzene rings is 1. The Balaban J connectivity index is 2.10. The fourth-order valence-electron chi connectivity index (χ4n) is 1.91. The van der Waals surface area contributed by atoms with Crippen LogP contribution in [0.5, 0.6) is 0 Å². The van der Waals surface area contributed by atoms with Gasteiger partial charge in [-0.3, -0.25) is 0 Å². The van der Waals surface area contributed by atoms with Crippen LogP contribution in [0.1, 0.15) is 34.0 Å². The molecule has 106 valence electrons. The molecular formula is C15H18N2O2S. The van der Waals surface area contributed by atoms with Crippen molar-refractivity contribution in [2.75, 3.05) is 13.7 Å². The highest BCUT2D eigenvalue weighted by Crippen LogP contribution is 2.22. The maximum atomic E-state index is 11.6. The predicted octanol–water partition coefficient (Wildman–Crippen LogP) is 2.82. The molecule has 2 aromatic rings. The van der Waals surface area contributed by atoms with Crippen LogP contribution in [0.4, 0.5) is 0 Å². The molecule has 1 aromatic heterocycles. The van der Waals surface area contributed by atoms with E-state index in [1.54, 1.807) is 12.3 Å². The second-order valence-electron chi connectivity index (χ2n) is 4.32. The molecule has 1 N–H and O–H groups in total. The number of esters is 1. The van der Waals surface area contributed by atoms with Crippen molar-refractivity contribution in [3.63, 3.8) is 0 Å². The van der Waals surface area contributed by atoms with E-state index in [2.05, 4.69) is 22.4 Å². The fourth-order valence-corrected chi connectivity index (χ4v) is 2.81. The molecule has 1 atom stereocenters. The molecule has 1 aromatic carbocycles. The zero-order valence-corrected chi connectivity index (χ0v) is 12.4. The van der Waals surface area contributed by atoms with Gasteiger partial charge in [0, 0.05) is 5.38 Å². The number of rotatable bonds is 6. The van der Waals surface area contributed by atoms with Crippen LogP contribution in [0, 0.1) is 0 Å². The van der Waals surface area contributed by atoms with Crippen LogP contribution >= 0.6 is 11.3 Å². The van der Waals surface area contributed by atoms with Gasteiger partial charge in [0.2, 0.25) is 0 Å². The molecule has 1 heterocycles. The summed E-state index contributed by atoms with van der Waals surface area (Å²) < 4.78 is 4.96. The summed E-state index contributed by atoms with van der Waals surface area (Å²) in [7, 11) is 1.90. The first-order valence-corrected chi connectivity index (χ1v) is 7.46. The zero-order chi connectivity index (χ0) is 14.4. The Morgan fingerprint density at radius 1 is 1.40 bits per heavy atom. The molecule has 2 rings (SSSR count). The molecule has 0 aliphatic rings. The molecule has 1 unspecified atom stereocenters. The van der Waals surface area contributed by atoms with E-state index in [0.29, 0.717) is 12.3 Å². The molecule has 0 spiro atoms. The third-order valence-electron chi connectivity index (χ3n) is 2.94. The standard InChI is InChI=1S/C15H18N2O2S/c1-3-19-15(18)13-10-20-14(17-13)12(16-2)9-11-7-5-4-6-8-11/h4-8,10,12,16H,3,9H2,1-2H3. The monoisotopic (exact) mass is 290 g/mol. The third-order valence-corrected chi connectivity index (χ3v) is 3.89. The summed E-state index contributed by atoms with van der Waals surface area (Å²) in [5, 5.41) is 5.90. The highest BCUT2D eigenvalue weighted by atomic mass is 32.1. The topological polar surface area (TPSA) is 51.2 Å². The number of nitrogens with zero attached hydrogens (tertiary/aromatic N) is 1. The van der Waals surface area contributed by atoms with E-state index in [9.17, 15) is 4.79 Å². The number of hydrogen-bond acceptors (Lipinski definition) is 5. The van der Waals surface area contributed by atoms with E-state index in [1.807, 2.05) is 25.2 Å². The SMILES string of the molecule is CCOC(=O)c1csc(C(Cc2ccccc2)NC)n1. The number of likely N-dealkylation sites (N-methyl/N-ethyl adjacent to an activating group) is 1. The lowest BCUT2D eigenvalue weighted by atomic mass is 10.1. The highest BCUT2D eigenvalue weighted by molar-refractivity contribution is 7.09. The van der Waals surface area contributed by atoms with Gasteiger partial charge in [0.1, 0.15) is 5.01 Å². The molecule has 0 radical (unpaired) electrons. The number of ether oxygens (including phenoxy) is 1. The predicted molar refractivity (Wildman–Crippen MR) is 80.0 cm³/mol. The van der Waals surface area contributed by atoms with Crippen molar-refractivity contribution in [2.45, 2.75) is 19.4 Å². The molecule has 0 bridgehead atoms. The van der Waals surface area contributed by atoms with Gasteiger partial charge in [0.15, 0.2) is 5.69 Å². The number of carbonyl (C=O) groups is 1. The van der Waals surface area contributed by atoms with Crippen LogP contribution in [0.3, 0.4) is 0 Å². The Kier molecular flexibility index (Phi) is 5.26. The van der Waals surface area contributed by atoms with Gasteiger partial charge < -0.3 is 10.1 Å². The summed E-state index contributed by atoms with van der Waals surface area (Å²) in [6, 6.07) is 10.3. The maximum Gasteiger partial charge on any atom is 0.357 e. The zero-order valence-electron chi connectivity index (χ0n) is 11.6. The number of nitrogens with one attached hydrogen (secondary N) is 1. The van der Waals surface area contributed by atoms with Crippen molar-refractivity contribution >= 4 is 17.3 Å². The van der Waals surface area contributed by atoms with Crippen LogP contribution < -0.4 is 5.32 Å². The van der Waals surface area contributed by atoms with Gasteiger partial charge in [0.25, 0.3) is 0 Å². The maximum absolute atomic E-state index is 11.6. The van der Waals surface area contributed by atoms with Crippen molar-refractivity contribution in [2.24, 2.45) is 0 Å². The Bertz CT molecular complexity index is 554. The summed E-state index contributed by atoms with van der Waals surface area (Å²) in [6.45, 7) is 2.15. The molecule has 0 saturated carbocycles. The second-order valence-corrected chi connectivity index (χ2v) is 5.21. The lowest BCUT2D eigenvalue weighted by Gasteiger charge is -2.13. The summed E-state index contributed by atoms with van der Waals surface area (Å²) in [5.74, 6) is -0.357. The molecule has 5 heteroatoms. The minimum Gasteiger partial charge on any atom is -0.461 e. The van der Waals surface area contributed by atoms with E-state index in [4.69, 9.17) is 4.74 Å². The van der Waals surface area contributed by atoms with Crippen molar-refractivity contribution in [3.8, 4) is 0 Å². The molecule has 20 heavy (non-hydrogen) atoms. The van der Waals surface area contributed by atoms with Crippen molar-refractivity contribution in [1.29, 1.82) is 0 Å². The second kappa shape index (κ2) is 7.17. The van der Waals surface area contributed by atoms with Crippen molar-refractivity contribution < 1.29 is 9.53 Å². The van der Waals surface area contributed by atoms with Gasteiger partial charge in [-0.1, -0.05) is 30.3 Å². The Hall–Kier alpha value is -1.72. The quantitative estimate of drug-likeness (QED) is 0.831. The largest absolute Gasteiger partial charge is 0.461 e. The van der Waals surface area contributed by atoms with E-state index < -0.39 is 0 Å². The molecule has 0 aliphatic carbocycles. The Morgan fingerprint density at radius 2 is 2.15 bits per heavy atom. The van der Waals surface area contributed by atoms with Gasteiger partial charge in [-0.15, -0.1) is 11.3 Å². The number of thiazole rings is 1. The minimum absolute atomic E-state index is 0.102. The van der Waals surface area contributed by atoms with Gasteiger partial charge in [0.05, 0.1) is 12.6 Å². The molecule has 0 saturated heterocycles. The van der Waals surface area contributed by atoms with Gasteiger partial charge in [-0.2, -0.15) is 0 Å². The summed E-state index contributed by atoms with van der Waals surface area (Å²) in [5.41, 5.74) is 1.62. The van der Waals surface area contributed by atoms with E-state index in [1.165, 1.54) is 16.9 Å². The van der Waals surface area contributed by atoms with Crippen LogP contribution in [0.2, 0.25) is 0 Å². The van der Waals surface area contributed by atoms with Crippen molar-refractivity contribution in [1.82, 2.24) is 10.3 Å². The van der Waals surface area contributed by atoms with E-state index in [-0.39, 0.29) is 12.0 Å². The normalized spacial score (nSPS) is 12.1. The van der Waals surface area contributed by atoms with Crippen LogP contribution in [0.15, 0.2) is 35.7 Å². The molecule has 0 amide bonds.